The third-order valence-corrected chi connectivity index (χ3v) is 6.07. The first-order chi connectivity index (χ1) is 15.6. The Labute approximate surface area is 192 Å². The Morgan fingerprint density at radius 3 is 2.53 bits per heavy atom. The van der Waals surface area contributed by atoms with E-state index in [1.807, 2.05) is 62.4 Å². The number of rotatable bonds is 11. The first-order valence-electron chi connectivity index (χ1n) is 11.9. The van der Waals surface area contributed by atoms with Crippen molar-refractivity contribution in [3.63, 3.8) is 0 Å². The largest absolute Gasteiger partial charge is 0.494 e. The maximum Gasteiger partial charge on any atom is 0.243 e. The van der Waals surface area contributed by atoms with E-state index in [4.69, 9.17) is 4.74 Å². The van der Waals surface area contributed by atoms with E-state index >= 15 is 0 Å². The van der Waals surface area contributed by atoms with Crippen LogP contribution in [0.1, 0.15) is 63.0 Å². The van der Waals surface area contributed by atoms with Gasteiger partial charge in [-0.1, -0.05) is 67.8 Å². The van der Waals surface area contributed by atoms with Gasteiger partial charge >= 0.3 is 0 Å². The maximum absolute atomic E-state index is 13.3. The molecule has 0 heterocycles. The van der Waals surface area contributed by atoms with Gasteiger partial charge < -0.3 is 15.0 Å². The van der Waals surface area contributed by atoms with Crippen LogP contribution in [-0.2, 0) is 16.1 Å². The molecule has 1 atom stereocenters. The quantitative estimate of drug-likeness (QED) is 0.503. The fraction of sp³-hybridized carbons (Fsp3) is 0.481. The highest BCUT2D eigenvalue weighted by atomic mass is 16.5. The first kappa shape index (κ1) is 23.8. The van der Waals surface area contributed by atoms with Crippen LogP contribution in [0.4, 0.5) is 0 Å². The lowest BCUT2D eigenvalue weighted by molar-refractivity contribution is -0.141. The predicted molar refractivity (Wildman–Crippen MR) is 127 cm³/mol. The highest BCUT2D eigenvalue weighted by Gasteiger charge is 2.30. The number of carbonyl (C=O) groups excluding carboxylic acids is 2. The second-order valence-electron chi connectivity index (χ2n) is 8.69. The van der Waals surface area contributed by atoms with Crippen LogP contribution < -0.4 is 10.1 Å². The number of amides is 2. The van der Waals surface area contributed by atoms with E-state index < -0.39 is 6.04 Å². The predicted octanol–water partition coefficient (Wildman–Crippen LogP) is 5.02. The zero-order chi connectivity index (χ0) is 22.8. The minimum atomic E-state index is -0.460. The molecule has 5 heteroatoms. The van der Waals surface area contributed by atoms with Gasteiger partial charge in [-0.2, -0.15) is 0 Å². The number of nitrogens with one attached hydrogen (secondary N) is 1. The Hall–Kier alpha value is -2.82. The van der Waals surface area contributed by atoms with Gasteiger partial charge in [-0.15, -0.1) is 0 Å². The summed E-state index contributed by atoms with van der Waals surface area (Å²) in [5, 5.41) is 3.19. The lowest BCUT2D eigenvalue weighted by atomic mass is 10.1. The molecule has 1 saturated carbocycles. The van der Waals surface area contributed by atoms with Crippen LogP contribution in [0.25, 0.3) is 0 Å². The number of ether oxygens (including phenoxy) is 1. The van der Waals surface area contributed by atoms with Crippen molar-refractivity contribution in [2.24, 2.45) is 0 Å². The van der Waals surface area contributed by atoms with Crippen LogP contribution in [0.3, 0.4) is 0 Å². The summed E-state index contributed by atoms with van der Waals surface area (Å²) in [7, 11) is 0. The van der Waals surface area contributed by atoms with Gasteiger partial charge in [0, 0.05) is 19.0 Å². The Bertz CT molecular complexity index is 862. The summed E-state index contributed by atoms with van der Waals surface area (Å²) in [6, 6.07) is 17.6. The number of hydrogen-bond acceptors (Lipinski definition) is 3. The molecular weight excluding hydrogens is 400 g/mol. The van der Waals surface area contributed by atoms with Crippen LogP contribution >= 0.6 is 0 Å². The molecule has 0 bridgehead atoms. The number of hydrogen-bond donors (Lipinski definition) is 1. The molecule has 2 aromatic rings. The van der Waals surface area contributed by atoms with Crippen molar-refractivity contribution in [2.75, 3.05) is 6.61 Å². The summed E-state index contributed by atoms with van der Waals surface area (Å²) in [6.07, 6.45) is 5.95. The third-order valence-electron chi connectivity index (χ3n) is 6.07. The van der Waals surface area contributed by atoms with Crippen LogP contribution in [-0.4, -0.2) is 35.4 Å². The van der Waals surface area contributed by atoms with Crippen molar-refractivity contribution >= 4 is 11.8 Å². The zero-order valence-electron chi connectivity index (χ0n) is 19.4. The Balaban J connectivity index is 1.65. The molecule has 3 rings (SSSR count). The molecule has 172 valence electrons. The average molecular weight is 437 g/mol. The number of aryl methyl sites for hydroxylation is 1. The summed E-state index contributed by atoms with van der Waals surface area (Å²) < 4.78 is 5.74. The van der Waals surface area contributed by atoms with Crippen LogP contribution in [0.2, 0.25) is 0 Å². The monoisotopic (exact) mass is 436 g/mol. The number of para-hydroxylation sites is 1. The van der Waals surface area contributed by atoms with E-state index in [1.54, 1.807) is 4.90 Å². The van der Waals surface area contributed by atoms with Gasteiger partial charge in [0.2, 0.25) is 11.8 Å². The maximum atomic E-state index is 13.3. The first-order valence-corrected chi connectivity index (χ1v) is 11.9. The number of carbonyl (C=O) groups is 2. The summed E-state index contributed by atoms with van der Waals surface area (Å²) in [4.78, 5) is 28.2. The topological polar surface area (TPSA) is 58.6 Å². The Morgan fingerprint density at radius 2 is 1.84 bits per heavy atom. The molecule has 1 fully saturated rings. The molecule has 0 saturated heterocycles. The number of nitrogens with zero attached hydrogens (tertiary/aromatic N) is 1. The molecular formula is C27H36N2O3. The number of benzene rings is 2. The van der Waals surface area contributed by atoms with Gasteiger partial charge in [0.1, 0.15) is 11.8 Å². The van der Waals surface area contributed by atoms with Gasteiger partial charge in [-0.3, -0.25) is 9.59 Å². The molecule has 1 aliphatic rings. The average Bonchev–Trinajstić information content (AvgIpc) is 3.30. The van der Waals surface area contributed by atoms with Gasteiger partial charge in [0.05, 0.1) is 6.61 Å². The fourth-order valence-electron chi connectivity index (χ4n) is 4.37. The van der Waals surface area contributed by atoms with Crippen molar-refractivity contribution in [1.29, 1.82) is 0 Å². The molecule has 0 aromatic heterocycles. The SMILES string of the molecule is CC[C@H](C(=O)NC1CCCC1)N(Cc1cccc(C)c1)C(=O)CCCOc1ccccc1. The van der Waals surface area contributed by atoms with E-state index in [0.29, 0.717) is 32.4 Å². The van der Waals surface area contributed by atoms with Crippen molar-refractivity contribution < 1.29 is 14.3 Å². The molecule has 0 spiro atoms. The minimum absolute atomic E-state index is 0.00316. The van der Waals surface area contributed by atoms with Crippen molar-refractivity contribution in [3.8, 4) is 5.75 Å². The Morgan fingerprint density at radius 1 is 1.09 bits per heavy atom. The van der Waals surface area contributed by atoms with E-state index in [0.717, 1.165) is 42.6 Å². The van der Waals surface area contributed by atoms with E-state index in [1.165, 1.54) is 0 Å². The lowest BCUT2D eigenvalue weighted by Gasteiger charge is -2.31. The van der Waals surface area contributed by atoms with E-state index in [9.17, 15) is 9.59 Å². The summed E-state index contributed by atoms with van der Waals surface area (Å²) >= 11 is 0. The van der Waals surface area contributed by atoms with Crippen molar-refractivity contribution in [1.82, 2.24) is 10.2 Å². The molecule has 1 N–H and O–H groups in total. The van der Waals surface area contributed by atoms with Gasteiger partial charge in [0.25, 0.3) is 0 Å². The van der Waals surface area contributed by atoms with Crippen LogP contribution in [0.5, 0.6) is 5.75 Å². The summed E-state index contributed by atoms with van der Waals surface area (Å²) in [6.45, 7) is 4.93. The van der Waals surface area contributed by atoms with Gasteiger partial charge in [-0.05, 0) is 50.3 Å². The van der Waals surface area contributed by atoms with Crippen molar-refractivity contribution in [3.05, 3.63) is 65.7 Å². The Kier molecular flexibility index (Phi) is 9.14. The molecule has 0 aliphatic heterocycles. The van der Waals surface area contributed by atoms with Gasteiger partial charge in [0.15, 0.2) is 0 Å². The summed E-state index contributed by atoms with van der Waals surface area (Å²) in [5.74, 6) is 0.775. The second-order valence-corrected chi connectivity index (χ2v) is 8.69. The smallest absolute Gasteiger partial charge is 0.243 e. The van der Waals surface area contributed by atoms with Crippen LogP contribution in [0.15, 0.2) is 54.6 Å². The minimum Gasteiger partial charge on any atom is -0.494 e. The third kappa shape index (κ3) is 7.11. The van der Waals surface area contributed by atoms with Crippen molar-refractivity contribution in [2.45, 2.75) is 77.4 Å². The highest BCUT2D eigenvalue weighted by molar-refractivity contribution is 5.87. The molecule has 32 heavy (non-hydrogen) atoms. The van der Waals surface area contributed by atoms with E-state index in [-0.39, 0.29) is 17.9 Å². The molecule has 2 amide bonds. The zero-order valence-corrected chi connectivity index (χ0v) is 19.4. The van der Waals surface area contributed by atoms with E-state index in [2.05, 4.69) is 11.4 Å². The molecule has 2 aromatic carbocycles. The lowest BCUT2D eigenvalue weighted by Crippen LogP contribution is -2.50. The van der Waals surface area contributed by atoms with Gasteiger partial charge in [-0.25, -0.2) is 0 Å². The normalized spacial score (nSPS) is 14.7. The molecule has 0 radical (unpaired) electrons. The van der Waals surface area contributed by atoms with Crippen LogP contribution in [0, 0.1) is 6.92 Å². The highest BCUT2D eigenvalue weighted by Crippen LogP contribution is 2.20. The second kappa shape index (κ2) is 12.3. The fourth-order valence-corrected chi connectivity index (χ4v) is 4.37. The molecule has 5 nitrogen and oxygen atoms in total. The molecule has 1 aliphatic carbocycles. The molecule has 0 unspecified atom stereocenters. The standard InChI is InChI=1S/C27H36N2O3/c1-3-25(27(31)28-23-13-7-8-14-23)29(20-22-12-9-11-21(2)19-22)26(30)17-10-18-32-24-15-5-4-6-16-24/h4-6,9,11-12,15-16,19,23,25H,3,7-8,10,13-14,17-18,20H2,1-2H3,(H,28,31)/t25-/m1/s1. The summed E-state index contributed by atoms with van der Waals surface area (Å²) in [5.41, 5.74) is 2.20.